The Balaban J connectivity index is 2.60. The largest absolute Gasteiger partial charge is 0.474 e. The molecule has 20 heavy (non-hydrogen) atoms. The van der Waals surface area contributed by atoms with Crippen LogP contribution in [0.4, 0.5) is 0 Å². The topological polar surface area (TPSA) is 65.0 Å². The molecule has 1 aromatic carbocycles. The van der Waals surface area contributed by atoms with E-state index in [0.29, 0.717) is 12.0 Å². The second-order valence-corrected chi connectivity index (χ2v) is 6.18. The molecular weight excluding hydrogens is 279 g/mol. The van der Waals surface area contributed by atoms with Crippen LogP contribution in [0.25, 0.3) is 0 Å². The molecule has 2 atom stereocenters. The highest BCUT2D eigenvalue weighted by molar-refractivity contribution is 7.48. The molecule has 0 spiro atoms. The molecule has 0 saturated heterocycles. The molecule has 0 aliphatic rings. The first-order valence-electron chi connectivity index (χ1n) is 6.22. The van der Waals surface area contributed by atoms with Crippen LogP contribution in [0.2, 0.25) is 0 Å². The Morgan fingerprint density at radius 3 is 2.35 bits per heavy atom. The molecule has 0 unspecified atom stereocenters. The maximum absolute atomic E-state index is 11.9. The van der Waals surface area contributed by atoms with E-state index >= 15 is 0 Å². The van der Waals surface area contributed by atoms with Crippen molar-refractivity contribution in [2.24, 2.45) is 0 Å². The molecule has 112 valence electrons. The maximum atomic E-state index is 11.9. The Morgan fingerprint density at radius 2 is 1.85 bits per heavy atom. The summed E-state index contributed by atoms with van der Waals surface area (Å²) in [7, 11) is -1.05. The maximum Gasteiger partial charge on any atom is 0.474 e. The van der Waals surface area contributed by atoms with Crippen LogP contribution in [-0.4, -0.2) is 25.4 Å². The van der Waals surface area contributed by atoms with Crippen molar-refractivity contribution in [2.75, 3.05) is 14.2 Å². The third-order valence-electron chi connectivity index (χ3n) is 2.95. The molecule has 0 aliphatic carbocycles. The summed E-state index contributed by atoms with van der Waals surface area (Å²) in [6.07, 6.45) is -0.933. The van der Waals surface area contributed by atoms with Gasteiger partial charge in [-0.2, -0.15) is 0 Å². The molecule has 1 aromatic rings. The number of benzene rings is 1. The van der Waals surface area contributed by atoms with Crippen LogP contribution in [0.3, 0.4) is 0 Å². The van der Waals surface area contributed by atoms with Gasteiger partial charge in [0, 0.05) is 20.6 Å². The van der Waals surface area contributed by atoms with Gasteiger partial charge in [0.25, 0.3) is 0 Å². The van der Waals surface area contributed by atoms with Crippen molar-refractivity contribution in [1.29, 1.82) is 0 Å². The van der Waals surface area contributed by atoms with Gasteiger partial charge in [-0.1, -0.05) is 36.9 Å². The van der Waals surface area contributed by atoms with Gasteiger partial charge in [-0.05, 0) is 18.1 Å². The zero-order chi connectivity index (χ0) is 15.2. The molecule has 6 heteroatoms. The highest BCUT2D eigenvalue weighted by Crippen LogP contribution is 2.49. The molecule has 5 nitrogen and oxygen atoms in total. The van der Waals surface area contributed by atoms with Crippen LogP contribution < -0.4 is 0 Å². The van der Waals surface area contributed by atoms with Gasteiger partial charge in [-0.25, -0.2) is 4.57 Å². The summed E-state index contributed by atoms with van der Waals surface area (Å²) in [4.78, 5) is 0. The Bertz CT molecular complexity index is 466. The lowest BCUT2D eigenvalue weighted by molar-refractivity contribution is 0.118. The second-order valence-electron chi connectivity index (χ2n) is 4.35. The minimum atomic E-state index is -3.55. The van der Waals surface area contributed by atoms with Gasteiger partial charge in [0.2, 0.25) is 0 Å². The number of rotatable bonds is 8. The Morgan fingerprint density at radius 1 is 1.30 bits per heavy atom. The summed E-state index contributed by atoms with van der Waals surface area (Å²) in [5, 5.41) is 10.1. The molecule has 0 aliphatic heterocycles. The normalized spacial score (nSPS) is 14.8. The van der Waals surface area contributed by atoms with Crippen molar-refractivity contribution in [3.05, 3.63) is 48.0 Å². The van der Waals surface area contributed by atoms with E-state index in [2.05, 4.69) is 6.58 Å². The zero-order valence-corrected chi connectivity index (χ0v) is 12.9. The van der Waals surface area contributed by atoms with Gasteiger partial charge in [0.1, 0.15) is 0 Å². The quantitative estimate of drug-likeness (QED) is 0.588. The van der Waals surface area contributed by atoms with E-state index in [0.717, 1.165) is 5.56 Å². The molecular formula is C14H21O5P. The van der Waals surface area contributed by atoms with Gasteiger partial charge >= 0.3 is 7.82 Å². The van der Waals surface area contributed by atoms with E-state index in [1.165, 1.54) is 14.2 Å². The average molecular weight is 300 g/mol. The van der Waals surface area contributed by atoms with Crippen molar-refractivity contribution in [1.82, 2.24) is 0 Å². The standard InChI is InChI=1S/C14H21O5P/c1-11(12(2)19-20(16,17-3)18-4)10-14(15)13-8-6-5-7-9-13/h5-9,12,14-15H,1,10H2,2-4H3/t12-,14+/m1/s1. The summed E-state index contributed by atoms with van der Waals surface area (Å²) in [6.45, 7) is 5.54. The SMILES string of the molecule is C=C(C[C@H](O)c1ccccc1)[C@@H](C)OP(=O)(OC)OC. The van der Waals surface area contributed by atoms with Crippen molar-refractivity contribution >= 4 is 7.82 Å². The van der Waals surface area contributed by atoms with Crippen molar-refractivity contribution in [3.63, 3.8) is 0 Å². The van der Waals surface area contributed by atoms with Gasteiger partial charge in [0.15, 0.2) is 0 Å². The Labute approximate surface area is 119 Å². The molecule has 0 saturated carbocycles. The molecule has 0 heterocycles. The number of phosphoric ester groups is 1. The minimum absolute atomic E-state index is 0.304. The number of hydrogen-bond donors (Lipinski definition) is 1. The molecule has 0 amide bonds. The third kappa shape index (κ3) is 4.85. The van der Waals surface area contributed by atoms with Gasteiger partial charge < -0.3 is 5.11 Å². The Kier molecular flexibility index (Phi) is 6.59. The highest BCUT2D eigenvalue weighted by atomic mass is 31.2. The van der Waals surface area contributed by atoms with Crippen LogP contribution in [0, 0.1) is 0 Å². The van der Waals surface area contributed by atoms with Crippen LogP contribution in [0.1, 0.15) is 25.0 Å². The molecule has 1 N–H and O–H groups in total. The average Bonchev–Trinajstić information content (AvgIpc) is 2.47. The van der Waals surface area contributed by atoms with E-state index < -0.39 is 20.0 Å². The first kappa shape index (κ1) is 17.1. The predicted molar refractivity (Wildman–Crippen MR) is 77.3 cm³/mol. The van der Waals surface area contributed by atoms with Gasteiger partial charge in [0.05, 0.1) is 12.2 Å². The summed E-state index contributed by atoms with van der Waals surface area (Å²) >= 11 is 0. The number of hydrogen-bond acceptors (Lipinski definition) is 5. The summed E-state index contributed by atoms with van der Waals surface area (Å²) < 4.78 is 26.5. The molecule has 1 rings (SSSR count). The molecule has 0 fully saturated rings. The van der Waals surface area contributed by atoms with Crippen LogP contribution in [-0.2, 0) is 18.1 Å². The van der Waals surface area contributed by atoms with E-state index in [4.69, 9.17) is 13.6 Å². The first-order chi connectivity index (χ1) is 9.41. The lowest BCUT2D eigenvalue weighted by atomic mass is 10.00. The summed E-state index contributed by atoms with van der Waals surface area (Å²) in [6, 6.07) is 9.25. The Hall–Kier alpha value is -0.970. The minimum Gasteiger partial charge on any atom is -0.388 e. The molecule has 0 bridgehead atoms. The van der Waals surface area contributed by atoms with Crippen LogP contribution in [0.5, 0.6) is 0 Å². The smallest absolute Gasteiger partial charge is 0.388 e. The van der Waals surface area contributed by atoms with E-state index in [1.54, 1.807) is 6.92 Å². The summed E-state index contributed by atoms with van der Waals surface area (Å²) in [5.74, 6) is 0. The summed E-state index contributed by atoms with van der Waals surface area (Å²) in [5.41, 5.74) is 1.40. The molecule has 0 radical (unpaired) electrons. The fourth-order valence-electron chi connectivity index (χ4n) is 1.64. The predicted octanol–water partition coefficient (Wildman–Crippen LogP) is 3.47. The van der Waals surface area contributed by atoms with Gasteiger partial charge in [-0.3, -0.25) is 13.6 Å². The van der Waals surface area contributed by atoms with Crippen molar-refractivity contribution in [3.8, 4) is 0 Å². The van der Waals surface area contributed by atoms with Crippen LogP contribution >= 0.6 is 7.82 Å². The van der Waals surface area contributed by atoms with E-state index in [1.807, 2.05) is 30.3 Å². The molecule has 0 aromatic heterocycles. The van der Waals surface area contributed by atoms with E-state index in [9.17, 15) is 9.67 Å². The number of aliphatic hydroxyl groups excluding tert-OH is 1. The second kappa shape index (κ2) is 7.72. The third-order valence-corrected chi connectivity index (χ3v) is 4.42. The number of aliphatic hydroxyl groups is 1. The first-order valence-corrected chi connectivity index (χ1v) is 7.68. The lowest BCUT2D eigenvalue weighted by Crippen LogP contribution is -2.13. The van der Waals surface area contributed by atoms with Crippen molar-refractivity contribution < 1.29 is 23.2 Å². The van der Waals surface area contributed by atoms with E-state index in [-0.39, 0.29) is 0 Å². The fraction of sp³-hybridized carbons (Fsp3) is 0.429. The monoisotopic (exact) mass is 300 g/mol. The fourth-order valence-corrected chi connectivity index (χ4v) is 2.49. The van der Waals surface area contributed by atoms with Crippen molar-refractivity contribution in [2.45, 2.75) is 25.6 Å². The highest BCUT2D eigenvalue weighted by Gasteiger charge is 2.27. The zero-order valence-electron chi connectivity index (χ0n) is 12.0. The van der Waals surface area contributed by atoms with Crippen LogP contribution in [0.15, 0.2) is 42.5 Å². The van der Waals surface area contributed by atoms with Gasteiger partial charge in [-0.15, -0.1) is 0 Å². The lowest BCUT2D eigenvalue weighted by Gasteiger charge is -2.22. The number of phosphoric acid groups is 1.